The summed E-state index contributed by atoms with van der Waals surface area (Å²) in [5.41, 5.74) is 0.0886. The fraction of sp³-hybridized carbons (Fsp3) is 0.588. The van der Waals surface area contributed by atoms with Crippen LogP contribution in [0.1, 0.15) is 45.1 Å². The molecule has 0 saturated heterocycles. The smallest absolute Gasteiger partial charge is 0.308 e. The Labute approximate surface area is 134 Å². The highest BCUT2D eigenvalue weighted by molar-refractivity contribution is 9.10. The van der Waals surface area contributed by atoms with Crippen LogP contribution >= 0.6 is 15.9 Å². The van der Waals surface area contributed by atoms with Gasteiger partial charge in [-0.2, -0.15) is 0 Å². The van der Waals surface area contributed by atoms with Crippen molar-refractivity contribution in [3.05, 3.63) is 34.3 Å². The molecule has 0 aromatic heterocycles. The summed E-state index contributed by atoms with van der Waals surface area (Å²) < 4.78 is 6.10. The Kier molecular flexibility index (Phi) is 5.44. The van der Waals surface area contributed by atoms with Gasteiger partial charge in [0.05, 0.1) is 18.1 Å². The molecule has 1 aromatic rings. The average molecular weight is 355 g/mol. The molecule has 1 N–H and O–H groups in total. The van der Waals surface area contributed by atoms with E-state index in [9.17, 15) is 9.90 Å². The van der Waals surface area contributed by atoms with Gasteiger partial charge in [-0.25, -0.2) is 0 Å². The van der Waals surface area contributed by atoms with Crippen LogP contribution in [0.4, 0.5) is 0 Å². The first-order chi connectivity index (χ1) is 9.95. The van der Waals surface area contributed by atoms with Crippen molar-refractivity contribution in [3.63, 3.8) is 0 Å². The van der Waals surface area contributed by atoms with Crippen LogP contribution in [0.25, 0.3) is 0 Å². The second-order valence-corrected chi connectivity index (χ2v) is 6.87. The molecule has 3 nitrogen and oxygen atoms in total. The van der Waals surface area contributed by atoms with Crippen LogP contribution in [0.5, 0.6) is 0 Å². The number of benzene rings is 1. The highest BCUT2D eigenvalue weighted by atomic mass is 79.9. The van der Waals surface area contributed by atoms with E-state index in [0.29, 0.717) is 6.61 Å². The summed E-state index contributed by atoms with van der Waals surface area (Å²) in [5.74, 6) is 0.102. The predicted octanol–water partition coefficient (Wildman–Crippen LogP) is 4.03. The molecule has 4 heteroatoms. The van der Waals surface area contributed by atoms with Gasteiger partial charge >= 0.3 is 5.97 Å². The van der Waals surface area contributed by atoms with Crippen molar-refractivity contribution in [2.75, 3.05) is 6.61 Å². The molecular weight excluding hydrogens is 332 g/mol. The van der Waals surface area contributed by atoms with E-state index in [0.717, 1.165) is 35.7 Å². The first-order valence-corrected chi connectivity index (χ1v) is 8.39. The monoisotopic (exact) mass is 354 g/mol. The van der Waals surface area contributed by atoms with Crippen LogP contribution in [-0.2, 0) is 15.1 Å². The van der Waals surface area contributed by atoms with Gasteiger partial charge in [-0.1, -0.05) is 28.1 Å². The van der Waals surface area contributed by atoms with Gasteiger partial charge in [0, 0.05) is 4.47 Å². The zero-order valence-electron chi connectivity index (χ0n) is 12.6. The maximum atomic E-state index is 11.8. The van der Waals surface area contributed by atoms with E-state index in [1.807, 2.05) is 38.1 Å². The molecule has 1 aromatic carbocycles. The molecule has 0 bridgehead atoms. The van der Waals surface area contributed by atoms with Crippen LogP contribution < -0.4 is 0 Å². The highest BCUT2D eigenvalue weighted by Crippen LogP contribution is 2.41. The average Bonchev–Trinajstić information content (AvgIpc) is 2.48. The van der Waals surface area contributed by atoms with E-state index in [-0.39, 0.29) is 17.8 Å². The molecule has 1 aliphatic carbocycles. The number of aliphatic hydroxyl groups is 1. The Balaban J connectivity index is 2.00. The molecule has 0 radical (unpaired) electrons. The van der Waals surface area contributed by atoms with Crippen molar-refractivity contribution in [1.82, 2.24) is 0 Å². The van der Waals surface area contributed by atoms with E-state index < -0.39 is 5.60 Å². The summed E-state index contributed by atoms with van der Waals surface area (Å²) in [7, 11) is 0. The van der Waals surface area contributed by atoms with Crippen molar-refractivity contribution in [2.24, 2.45) is 11.8 Å². The topological polar surface area (TPSA) is 46.5 Å². The van der Waals surface area contributed by atoms with Crippen molar-refractivity contribution in [2.45, 2.75) is 45.1 Å². The van der Waals surface area contributed by atoms with Gasteiger partial charge in [0.25, 0.3) is 0 Å². The van der Waals surface area contributed by atoms with Crippen LogP contribution in [0.3, 0.4) is 0 Å². The van der Waals surface area contributed by atoms with Crippen molar-refractivity contribution < 1.29 is 14.6 Å². The number of hydrogen-bond acceptors (Lipinski definition) is 3. The number of halogens is 1. The third-order valence-electron chi connectivity index (χ3n) is 4.57. The maximum Gasteiger partial charge on any atom is 0.308 e. The van der Waals surface area contributed by atoms with Crippen LogP contribution in [0.2, 0.25) is 0 Å². The zero-order valence-corrected chi connectivity index (χ0v) is 14.2. The summed E-state index contributed by atoms with van der Waals surface area (Å²) in [6, 6.07) is 7.82. The van der Waals surface area contributed by atoms with E-state index in [1.54, 1.807) is 0 Å². The molecule has 0 unspecified atom stereocenters. The Hall–Kier alpha value is -0.870. The normalized spacial score (nSPS) is 25.1. The molecule has 21 heavy (non-hydrogen) atoms. The highest BCUT2D eigenvalue weighted by Gasteiger charge is 2.38. The first-order valence-electron chi connectivity index (χ1n) is 7.60. The van der Waals surface area contributed by atoms with Crippen LogP contribution in [-0.4, -0.2) is 17.7 Å². The summed E-state index contributed by atoms with van der Waals surface area (Å²) in [5, 5.41) is 10.9. The van der Waals surface area contributed by atoms with Crippen molar-refractivity contribution >= 4 is 21.9 Å². The van der Waals surface area contributed by atoms with Crippen molar-refractivity contribution in [3.8, 4) is 0 Å². The molecule has 2 rings (SSSR count). The number of rotatable bonds is 4. The number of carbonyl (C=O) groups is 1. The quantitative estimate of drug-likeness (QED) is 0.830. The summed E-state index contributed by atoms with van der Waals surface area (Å²) in [4.78, 5) is 11.8. The summed E-state index contributed by atoms with van der Waals surface area (Å²) >= 11 is 3.41. The number of carbonyl (C=O) groups excluding carboxylic acids is 1. The van der Waals surface area contributed by atoms with Gasteiger partial charge in [0.1, 0.15) is 0 Å². The molecule has 0 spiro atoms. The molecule has 0 aliphatic heterocycles. The molecule has 116 valence electrons. The molecule has 1 saturated carbocycles. The van der Waals surface area contributed by atoms with E-state index in [4.69, 9.17) is 4.74 Å². The van der Waals surface area contributed by atoms with Gasteiger partial charge in [0.15, 0.2) is 0 Å². The Morgan fingerprint density at radius 3 is 2.38 bits per heavy atom. The van der Waals surface area contributed by atoms with Crippen LogP contribution in [0.15, 0.2) is 28.7 Å². The van der Waals surface area contributed by atoms with Gasteiger partial charge in [-0.15, -0.1) is 0 Å². The zero-order chi connectivity index (χ0) is 15.5. The Bertz CT molecular complexity index is 473. The minimum atomic E-state index is -0.847. The lowest BCUT2D eigenvalue weighted by Crippen LogP contribution is -2.36. The van der Waals surface area contributed by atoms with Crippen LogP contribution in [0, 0.1) is 11.8 Å². The van der Waals surface area contributed by atoms with Gasteiger partial charge in [-0.05, 0) is 63.1 Å². The SMILES string of the molecule is CCOC(=O)C1CCC([C@](C)(O)c2ccc(Br)cc2)CC1. The van der Waals surface area contributed by atoms with Crippen molar-refractivity contribution in [1.29, 1.82) is 0 Å². The third kappa shape index (κ3) is 3.86. The Morgan fingerprint density at radius 2 is 1.86 bits per heavy atom. The maximum absolute atomic E-state index is 11.8. The minimum absolute atomic E-state index is 0.00178. The summed E-state index contributed by atoms with van der Waals surface area (Å²) in [6.07, 6.45) is 3.31. The minimum Gasteiger partial charge on any atom is -0.466 e. The van der Waals surface area contributed by atoms with E-state index >= 15 is 0 Å². The standard InChI is InChI=1S/C17H23BrO3/c1-3-21-16(19)12-4-6-13(7-5-12)17(2,20)14-8-10-15(18)11-9-14/h8-13,20H,3-7H2,1-2H3/t12?,13?,17-/m0/s1. The number of hydrogen-bond donors (Lipinski definition) is 1. The first kappa shape index (κ1) is 16.5. The lowest BCUT2D eigenvalue weighted by Gasteiger charge is -2.38. The van der Waals surface area contributed by atoms with Gasteiger partial charge in [-0.3, -0.25) is 4.79 Å². The summed E-state index contributed by atoms with van der Waals surface area (Å²) in [6.45, 7) is 4.16. The largest absolute Gasteiger partial charge is 0.466 e. The predicted molar refractivity (Wildman–Crippen MR) is 85.8 cm³/mol. The number of esters is 1. The second-order valence-electron chi connectivity index (χ2n) is 5.96. The van der Waals surface area contributed by atoms with E-state index in [1.165, 1.54) is 0 Å². The number of ether oxygens (including phenoxy) is 1. The fourth-order valence-corrected chi connectivity index (χ4v) is 3.44. The second kappa shape index (κ2) is 6.93. The molecule has 0 heterocycles. The lowest BCUT2D eigenvalue weighted by atomic mass is 9.71. The fourth-order valence-electron chi connectivity index (χ4n) is 3.17. The van der Waals surface area contributed by atoms with Gasteiger partial charge in [0.2, 0.25) is 0 Å². The van der Waals surface area contributed by atoms with E-state index in [2.05, 4.69) is 15.9 Å². The molecular formula is C17H23BrO3. The molecule has 1 atom stereocenters. The lowest BCUT2D eigenvalue weighted by molar-refractivity contribution is -0.150. The molecule has 1 fully saturated rings. The third-order valence-corrected chi connectivity index (χ3v) is 5.10. The molecule has 1 aliphatic rings. The molecule has 0 amide bonds. The van der Waals surface area contributed by atoms with Gasteiger partial charge < -0.3 is 9.84 Å². The Morgan fingerprint density at radius 1 is 1.29 bits per heavy atom.